The number of aromatic nitrogens is 2. The number of nitrogens with zero attached hydrogens (tertiary/aromatic N) is 4. The largest absolute Gasteiger partial charge is 0.369 e. The maximum atomic E-state index is 13.0. The van der Waals surface area contributed by atoms with Crippen molar-refractivity contribution in [1.29, 1.82) is 0 Å². The second-order valence-corrected chi connectivity index (χ2v) is 11.2. The Morgan fingerprint density at radius 1 is 1.10 bits per heavy atom. The standard InChI is InChI=1S/C21H25BrN6O2S/c22-19-13-15-14-24-21(26-20(15)28(31(19,29)30)18-3-1-2-4-18)25-16-5-7-17(8-6-16)27-11-9-23-10-12-27/h5-8,13-14,18,23H,1-4,9-12H2,(H,24,25,26). The van der Waals surface area contributed by atoms with Crippen LogP contribution in [0.4, 0.5) is 23.1 Å². The number of halogens is 1. The minimum absolute atomic E-state index is 0.0638. The molecule has 1 aromatic heterocycles. The molecule has 0 amide bonds. The van der Waals surface area contributed by atoms with Gasteiger partial charge >= 0.3 is 0 Å². The highest BCUT2D eigenvalue weighted by Gasteiger charge is 2.39. The van der Waals surface area contributed by atoms with Crippen molar-refractivity contribution in [2.24, 2.45) is 0 Å². The summed E-state index contributed by atoms with van der Waals surface area (Å²) < 4.78 is 27.7. The molecule has 164 valence electrons. The smallest absolute Gasteiger partial charge is 0.272 e. The van der Waals surface area contributed by atoms with E-state index in [-0.39, 0.29) is 9.86 Å². The van der Waals surface area contributed by atoms with Gasteiger partial charge in [-0.2, -0.15) is 4.98 Å². The normalized spacial score (nSPS) is 21.0. The zero-order valence-corrected chi connectivity index (χ0v) is 19.5. The van der Waals surface area contributed by atoms with Gasteiger partial charge in [-0.05, 0) is 59.1 Å². The van der Waals surface area contributed by atoms with E-state index in [0.29, 0.717) is 17.3 Å². The van der Waals surface area contributed by atoms with Gasteiger partial charge in [0.1, 0.15) is 3.81 Å². The average Bonchev–Trinajstić information content (AvgIpc) is 3.30. The zero-order chi connectivity index (χ0) is 21.4. The molecule has 1 saturated heterocycles. The first-order chi connectivity index (χ1) is 15.0. The Morgan fingerprint density at radius 3 is 2.52 bits per heavy atom. The predicted octanol–water partition coefficient (Wildman–Crippen LogP) is 3.42. The lowest BCUT2D eigenvalue weighted by Gasteiger charge is -2.32. The first-order valence-corrected chi connectivity index (χ1v) is 12.9. The minimum atomic E-state index is -3.62. The molecular formula is C21H25BrN6O2S. The van der Waals surface area contributed by atoms with Gasteiger partial charge in [-0.1, -0.05) is 12.8 Å². The number of anilines is 4. The monoisotopic (exact) mass is 504 g/mol. The fourth-order valence-corrected chi connectivity index (χ4v) is 6.60. The number of sulfonamides is 1. The van der Waals surface area contributed by atoms with E-state index < -0.39 is 10.0 Å². The molecule has 1 aliphatic carbocycles. The van der Waals surface area contributed by atoms with E-state index in [9.17, 15) is 8.42 Å². The van der Waals surface area contributed by atoms with Crippen LogP contribution in [-0.4, -0.2) is 50.6 Å². The molecule has 2 N–H and O–H groups in total. The van der Waals surface area contributed by atoms with E-state index in [0.717, 1.165) is 57.5 Å². The number of benzene rings is 1. The molecule has 2 fully saturated rings. The summed E-state index contributed by atoms with van der Waals surface area (Å²) in [4.78, 5) is 11.4. The zero-order valence-electron chi connectivity index (χ0n) is 17.1. The molecule has 8 nitrogen and oxygen atoms in total. The molecule has 0 unspecified atom stereocenters. The highest BCUT2D eigenvalue weighted by Crippen LogP contribution is 2.40. The molecule has 0 bridgehead atoms. The Morgan fingerprint density at radius 2 is 1.81 bits per heavy atom. The maximum Gasteiger partial charge on any atom is 0.272 e. The lowest BCUT2D eigenvalue weighted by Crippen LogP contribution is -2.43. The third-order valence-electron chi connectivity index (χ3n) is 6.04. The van der Waals surface area contributed by atoms with Crippen LogP contribution < -0.4 is 19.8 Å². The molecule has 1 aromatic carbocycles. The van der Waals surface area contributed by atoms with Crippen molar-refractivity contribution in [2.75, 3.05) is 40.7 Å². The second-order valence-electron chi connectivity index (χ2n) is 8.07. The van der Waals surface area contributed by atoms with E-state index in [1.165, 1.54) is 9.99 Å². The van der Waals surface area contributed by atoms with Crippen LogP contribution in [0.2, 0.25) is 0 Å². The van der Waals surface area contributed by atoms with Gasteiger partial charge in [-0.3, -0.25) is 0 Å². The summed E-state index contributed by atoms with van der Waals surface area (Å²) in [5.41, 5.74) is 2.75. The Bertz CT molecular complexity index is 1090. The summed E-state index contributed by atoms with van der Waals surface area (Å²) >= 11 is 3.23. The highest BCUT2D eigenvalue weighted by atomic mass is 79.9. The van der Waals surface area contributed by atoms with Gasteiger partial charge in [-0.15, -0.1) is 0 Å². The van der Waals surface area contributed by atoms with Gasteiger partial charge in [0.2, 0.25) is 5.95 Å². The Labute approximate surface area is 190 Å². The predicted molar refractivity (Wildman–Crippen MR) is 127 cm³/mol. The number of fused-ring (bicyclic) bond motifs is 1. The molecule has 31 heavy (non-hydrogen) atoms. The average molecular weight is 505 g/mol. The molecular weight excluding hydrogens is 480 g/mol. The van der Waals surface area contributed by atoms with Crippen LogP contribution in [0.25, 0.3) is 6.08 Å². The first kappa shape index (κ1) is 20.7. The van der Waals surface area contributed by atoms with E-state index in [2.05, 4.69) is 53.6 Å². The van der Waals surface area contributed by atoms with Crippen molar-refractivity contribution in [2.45, 2.75) is 31.7 Å². The fraction of sp³-hybridized carbons (Fsp3) is 0.429. The molecule has 2 aromatic rings. The molecule has 10 heteroatoms. The SMILES string of the molecule is O=S1(=O)C(Br)=Cc2cnc(Nc3ccc(N4CCNCC4)cc3)nc2N1C1CCCC1. The molecule has 2 aliphatic heterocycles. The quantitative estimate of drug-likeness (QED) is 0.658. The van der Waals surface area contributed by atoms with Crippen LogP contribution in [0.1, 0.15) is 31.2 Å². The van der Waals surface area contributed by atoms with Crippen LogP contribution in [0.5, 0.6) is 0 Å². The third-order valence-corrected chi connectivity index (χ3v) is 9.10. The fourth-order valence-electron chi connectivity index (χ4n) is 4.44. The van der Waals surface area contributed by atoms with Crippen LogP contribution in [0, 0.1) is 0 Å². The van der Waals surface area contributed by atoms with Crippen LogP contribution in [0.3, 0.4) is 0 Å². The Balaban J connectivity index is 1.41. The third kappa shape index (κ3) is 4.04. The lowest BCUT2D eigenvalue weighted by molar-refractivity contribution is 0.581. The van der Waals surface area contributed by atoms with Gasteiger partial charge in [0, 0.05) is 55.4 Å². The minimum Gasteiger partial charge on any atom is -0.369 e. The second kappa shape index (κ2) is 8.40. The highest BCUT2D eigenvalue weighted by molar-refractivity contribution is 9.13. The van der Waals surface area contributed by atoms with Crippen molar-refractivity contribution in [3.05, 3.63) is 39.8 Å². The molecule has 3 heterocycles. The molecule has 0 radical (unpaired) electrons. The van der Waals surface area contributed by atoms with Crippen LogP contribution >= 0.6 is 15.9 Å². The molecule has 0 atom stereocenters. The number of hydrogen-bond acceptors (Lipinski definition) is 7. The van der Waals surface area contributed by atoms with Gasteiger partial charge in [0.05, 0.1) is 0 Å². The summed E-state index contributed by atoms with van der Waals surface area (Å²) in [5, 5.41) is 6.59. The topological polar surface area (TPSA) is 90.5 Å². The van der Waals surface area contributed by atoms with Gasteiger partial charge in [-0.25, -0.2) is 17.7 Å². The summed E-state index contributed by atoms with van der Waals surface area (Å²) in [5.74, 6) is 0.836. The lowest BCUT2D eigenvalue weighted by atomic mass is 10.2. The van der Waals surface area contributed by atoms with Gasteiger partial charge < -0.3 is 15.5 Å². The van der Waals surface area contributed by atoms with E-state index >= 15 is 0 Å². The molecule has 3 aliphatic rings. The summed E-state index contributed by atoms with van der Waals surface area (Å²) in [7, 11) is -3.62. The van der Waals surface area contributed by atoms with E-state index in [1.54, 1.807) is 12.3 Å². The van der Waals surface area contributed by atoms with E-state index in [1.807, 2.05) is 12.1 Å². The summed E-state index contributed by atoms with van der Waals surface area (Å²) in [6.45, 7) is 3.98. The number of nitrogens with one attached hydrogen (secondary N) is 2. The maximum absolute atomic E-state index is 13.0. The van der Waals surface area contributed by atoms with Crippen molar-refractivity contribution in [3.8, 4) is 0 Å². The summed E-state index contributed by atoms with van der Waals surface area (Å²) in [6.07, 6.45) is 7.02. The summed E-state index contributed by atoms with van der Waals surface area (Å²) in [6, 6.07) is 8.11. The van der Waals surface area contributed by atoms with E-state index in [4.69, 9.17) is 0 Å². The van der Waals surface area contributed by atoms with Crippen LogP contribution in [0.15, 0.2) is 34.3 Å². The Kier molecular flexibility index (Phi) is 5.61. The van der Waals surface area contributed by atoms with Crippen molar-refractivity contribution < 1.29 is 8.42 Å². The van der Waals surface area contributed by atoms with Crippen molar-refractivity contribution in [3.63, 3.8) is 0 Å². The first-order valence-electron chi connectivity index (χ1n) is 10.6. The number of rotatable bonds is 4. The van der Waals surface area contributed by atoms with Gasteiger partial charge in [0.15, 0.2) is 5.82 Å². The van der Waals surface area contributed by atoms with Crippen molar-refractivity contribution in [1.82, 2.24) is 15.3 Å². The van der Waals surface area contributed by atoms with Crippen LogP contribution in [-0.2, 0) is 10.0 Å². The Hall–Kier alpha value is -2.17. The molecule has 1 saturated carbocycles. The van der Waals surface area contributed by atoms with Gasteiger partial charge in [0.25, 0.3) is 10.0 Å². The molecule has 0 spiro atoms. The molecule has 5 rings (SSSR count). The number of hydrogen-bond donors (Lipinski definition) is 2. The van der Waals surface area contributed by atoms with Crippen molar-refractivity contribution >= 4 is 55.2 Å². The number of piperazine rings is 1.